The van der Waals surface area contributed by atoms with Crippen LogP contribution in [0.25, 0.3) is 22.4 Å². The first-order chi connectivity index (χ1) is 14.5. The molecule has 1 atom stereocenters. The van der Waals surface area contributed by atoms with Gasteiger partial charge in [0.1, 0.15) is 5.69 Å². The van der Waals surface area contributed by atoms with Gasteiger partial charge in [-0.1, -0.05) is 54.6 Å². The molecule has 0 radical (unpaired) electrons. The monoisotopic (exact) mass is 399 g/mol. The van der Waals surface area contributed by atoms with Gasteiger partial charge in [-0.15, -0.1) is 0 Å². The van der Waals surface area contributed by atoms with Gasteiger partial charge in [-0.25, -0.2) is 4.98 Å². The number of nitrogens with zero attached hydrogens (tertiary/aromatic N) is 2. The largest absolute Gasteiger partial charge is 0.463 e. The highest BCUT2D eigenvalue weighted by molar-refractivity contribution is 6.00. The van der Waals surface area contributed by atoms with E-state index in [0.717, 1.165) is 35.2 Å². The van der Waals surface area contributed by atoms with Gasteiger partial charge in [0.15, 0.2) is 6.10 Å². The number of carbonyl (C=O) groups excluding carboxylic acids is 1. The number of hydrogen-bond donors (Lipinski definition) is 1. The molecule has 1 amide bonds. The molecule has 30 heavy (non-hydrogen) atoms. The minimum absolute atomic E-state index is 0.0749. The molecule has 5 rings (SSSR count). The highest BCUT2D eigenvalue weighted by atomic mass is 16.5. The Labute approximate surface area is 176 Å². The topological polar surface area (TPSA) is 68.5 Å². The maximum Gasteiger partial charge on any atom is 0.267 e. The molecule has 0 bridgehead atoms. The average Bonchev–Trinajstić information content (AvgIpc) is 2.76. The quantitative estimate of drug-likeness (QED) is 0.704. The normalized spacial score (nSPS) is 19.6. The molecule has 1 saturated carbocycles. The van der Waals surface area contributed by atoms with E-state index in [9.17, 15) is 4.79 Å². The summed E-state index contributed by atoms with van der Waals surface area (Å²) in [5.74, 6) is 0.409. The van der Waals surface area contributed by atoms with Gasteiger partial charge in [0.2, 0.25) is 5.88 Å². The van der Waals surface area contributed by atoms with Crippen molar-refractivity contribution in [3.8, 4) is 28.3 Å². The summed E-state index contributed by atoms with van der Waals surface area (Å²) in [5.41, 5.74) is 12.0. The molecular formula is C25H25N3O2. The summed E-state index contributed by atoms with van der Waals surface area (Å²) in [7, 11) is 1.77. The van der Waals surface area contributed by atoms with Crippen LogP contribution in [0.2, 0.25) is 0 Å². The zero-order valence-electron chi connectivity index (χ0n) is 17.3. The molecule has 1 aromatic heterocycles. The van der Waals surface area contributed by atoms with Crippen LogP contribution in [0.5, 0.6) is 5.88 Å². The first-order valence-electron chi connectivity index (χ1n) is 10.4. The van der Waals surface area contributed by atoms with Crippen LogP contribution in [0.1, 0.15) is 31.7 Å². The van der Waals surface area contributed by atoms with Gasteiger partial charge in [-0.05, 0) is 43.4 Å². The summed E-state index contributed by atoms with van der Waals surface area (Å²) >= 11 is 0. The van der Waals surface area contributed by atoms with E-state index >= 15 is 0 Å². The smallest absolute Gasteiger partial charge is 0.267 e. The number of ether oxygens (including phenoxy) is 1. The Morgan fingerprint density at radius 3 is 2.40 bits per heavy atom. The van der Waals surface area contributed by atoms with E-state index in [-0.39, 0.29) is 11.4 Å². The first kappa shape index (κ1) is 18.8. The molecule has 0 saturated heterocycles. The lowest BCUT2D eigenvalue weighted by molar-refractivity contribution is -0.125. The lowest BCUT2D eigenvalue weighted by Crippen LogP contribution is -2.43. The number of anilines is 1. The van der Waals surface area contributed by atoms with Gasteiger partial charge in [0, 0.05) is 23.7 Å². The summed E-state index contributed by atoms with van der Waals surface area (Å²) in [6.07, 6.45) is 2.70. The van der Waals surface area contributed by atoms with Gasteiger partial charge in [0.05, 0.1) is 5.69 Å². The number of carbonyl (C=O) groups is 1. The van der Waals surface area contributed by atoms with E-state index in [4.69, 9.17) is 15.5 Å². The van der Waals surface area contributed by atoms with Crippen molar-refractivity contribution in [3.05, 3.63) is 66.2 Å². The predicted octanol–water partition coefficient (Wildman–Crippen LogP) is 4.50. The number of benzene rings is 2. The number of rotatable bonds is 3. The molecule has 2 N–H and O–H groups in total. The number of hydrogen-bond acceptors (Lipinski definition) is 4. The van der Waals surface area contributed by atoms with E-state index in [1.807, 2.05) is 24.3 Å². The van der Waals surface area contributed by atoms with Crippen LogP contribution in [0.15, 0.2) is 60.7 Å². The van der Waals surface area contributed by atoms with Gasteiger partial charge >= 0.3 is 0 Å². The summed E-state index contributed by atoms with van der Waals surface area (Å²) in [6.45, 7) is 1.75. The fourth-order valence-electron chi connectivity index (χ4n) is 4.29. The fourth-order valence-corrected chi connectivity index (χ4v) is 4.29. The number of aromatic nitrogens is 1. The highest BCUT2D eigenvalue weighted by Crippen LogP contribution is 2.42. The van der Waals surface area contributed by atoms with Gasteiger partial charge in [-0.3, -0.25) is 4.79 Å². The molecule has 1 unspecified atom stereocenters. The van der Waals surface area contributed by atoms with Crippen LogP contribution in [0.3, 0.4) is 0 Å². The lowest BCUT2D eigenvalue weighted by atomic mass is 9.72. The van der Waals surface area contributed by atoms with Crippen molar-refractivity contribution in [2.24, 2.45) is 5.73 Å². The summed E-state index contributed by atoms with van der Waals surface area (Å²) in [6, 6.07) is 20.5. The maximum absolute atomic E-state index is 12.4. The molecule has 0 spiro atoms. The third-order valence-corrected chi connectivity index (χ3v) is 6.36. The average molecular weight is 399 g/mol. The van der Waals surface area contributed by atoms with Crippen molar-refractivity contribution in [2.75, 3.05) is 11.9 Å². The van der Waals surface area contributed by atoms with Crippen molar-refractivity contribution in [1.29, 1.82) is 0 Å². The Bertz CT molecular complexity index is 1110. The van der Waals surface area contributed by atoms with Crippen molar-refractivity contribution in [3.63, 3.8) is 0 Å². The van der Waals surface area contributed by atoms with Gasteiger partial charge < -0.3 is 15.4 Å². The predicted molar refractivity (Wildman–Crippen MR) is 118 cm³/mol. The Morgan fingerprint density at radius 1 is 1.07 bits per heavy atom. The number of pyridine rings is 1. The molecule has 2 heterocycles. The highest BCUT2D eigenvalue weighted by Gasteiger charge is 2.34. The van der Waals surface area contributed by atoms with Gasteiger partial charge in [0.25, 0.3) is 5.91 Å². The van der Waals surface area contributed by atoms with Crippen molar-refractivity contribution in [1.82, 2.24) is 4.98 Å². The minimum Gasteiger partial charge on any atom is -0.463 e. The van der Waals surface area contributed by atoms with Crippen LogP contribution in [0.4, 0.5) is 5.69 Å². The van der Waals surface area contributed by atoms with Crippen LogP contribution in [-0.2, 0) is 10.3 Å². The zero-order chi connectivity index (χ0) is 20.9. The van der Waals surface area contributed by atoms with Gasteiger partial charge in [-0.2, -0.15) is 0 Å². The molecule has 5 nitrogen and oxygen atoms in total. The van der Waals surface area contributed by atoms with Crippen LogP contribution in [0, 0.1) is 0 Å². The van der Waals surface area contributed by atoms with E-state index in [0.29, 0.717) is 11.6 Å². The van der Waals surface area contributed by atoms with Crippen LogP contribution < -0.4 is 15.4 Å². The summed E-state index contributed by atoms with van der Waals surface area (Å²) < 4.78 is 5.85. The Kier molecular flexibility index (Phi) is 4.36. The second-order valence-electron chi connectivity index (χ2n) is 8.32. The first-order valence-corrected chi connectivity index (χ1v) is 10.4. The van der Waals surface area contributed by atoms with E-state index in [2.05, 4.69) is 36.4 Å². The standard InChI is InChI=1S/C25H25N3O2/c1-16-24(29)28(2)21-15-20(17-7-4-3-5-8-17)22(27-23(21)30-16)18-9-11-19(12-10-18)25(26)13-6-14-25/h3-5,7-12,15-16H,6,13-14,26H2,1-2H3. The SMILES string of the molecule is CC1Oc2nc(-c3ccc(C4(N)CCC4)cc3)c(-c3ccccc3)cc2N(C)C1=O. The molecule has 2 aromatic carbocycles. The molecule has 1 fully saturated rings. The number of nitrogens with two attached hydrogens (primary N) is 1. The molecular weight excluding hydrogens is 374 g/mol. The molecule has 3 aromatic rings. The number of fused-ring (bicyclic) bond motifs is 1. The third-order valence-electron chi connectivity index (χ3n) is 6.36. The van der Waals surface area contributed by atoms with Crippen LogP contribution >= 0.6 is 0 Å². The Hall–Kier alpha value is -3.18. The zero-order valence-corrected chi connectivity index (χ0v) is 17.3. The third kappa shape index (κ3) is 2.97. The molecule has 1 aliphatic carbocycles. The second-order valence-corrected chi connectivity index (χ2v) is 8.32. The molecule has 1 aliphatic heterocycles. The summed E-state index contributed by atoms with van der Waals surface area (Å²) in [4.78, 5) is 18.9. The van der Waals surface area contributed by atoms with Crippen LogP contribution in [-0.4, -0.2) is 24.0 Å². The number of likely N-dealkylation sites (N-methyl/N-ethyl adjacent to an activating group) is 1. The van der Waals surface area contributed by atoms with E-state index < -0.39 is 6.10 Å². The molecule has 152 valence electrons. The Morgan fingerprint density at radius 2 is 1.77 bits per heavy atom. The van der Waals surface area contributed by atoms with E-state index in [1.165, 1.54) is 12.0 Å². The molecule has 5 heteroatoms. The van der Waals surface area contributed by atoms with Crippen molar-refractivity contribution < 1.29 is 9.53 Å². The fraction of sp³-hybridized carbons (Fsp3) is 0.280. The maximum atomic E-state index is 12.4. The van der Waals surface area contributed by atoms with E-state index in [1.54, 1.807) is 18.9 Å². The Balaban J connectivity index is 1.65. The molecule has 2 aliphatic rings. The number of amides is 1. The lowest BCUT2D eigenvalue weighted by Gasteiger charge is -2.38. The van der Waals surface area contributed by atoms with Crippen molar-refractivity contribution in [2.45, 2.75) is 37.8 Å². The van der Waals surface area contributed by atoms with Crippen molar-refractivity contribution >= 4 is 11.6 Å². The summed E-state index contributed by atoms with van der Waals surface area (Å²) in [5, 5.41) is 0. The minimum atomic E-state index is -0.552. The second kappa shape index (κ2) is 6.96.